The number of ether oxygens (including phenoxy) is 2. The van der Waals surface area contributed by atoms with Crippen molar-refractivity contribution >= 4 is 91.6 Å². The Hall–Kier alpha value is -12.7. The molecule has 566 valence electrons. The summed E-state index contributed by atoms with van der Waals surface area (Å²) in [6.45, 7) is 6.63. The van der Waals surface area contributed by atoms with Crippen molar-refractivity contribution in [3.63, 3.8) is 0 Å². The smallest absolute Gasteiger partial charge is 0.410 e. The van der Waals surface area contributed by atoms with Crippen molar-refractivity contribution in [2.75, 3.05) is 109 Å². The number of carbonyl (C=O) groups excluding carboxylic acids is 2. The largest absolute Gasteiger partial charge is 0.453 e. The minimum Gasteiger partial charge on any atom is -0.453 e. The third-order valence-electron chi connectivity index (χ3n) is 18.3. The van der Waals surface area contributed by atoms with Crippen LogP contribution in [-0.4, -0.2) is 173 Å². The number of aliphatic hydroxyl groups is 3. The zero-order valence-corrected chi connectivity index (χ0v) is 61.5. The van der Waals surface area contributed by atoms with Gasteiger partial charge in [-0.15, -0.1) is 0 Å². The van der Waals surface area contributed by atoms with Gasteiger partial charge in [0.15, 0.2) is 36.5 Å². The molecule has 15 rings (SSSR count). The first-order valence-electron chi connectivity index (χ1n) is 35.8. The molecular formula is C79H82N18O12S. The van der Waals surface area contributed by atoms with Crippen LogP contribution in [0.4, 0.5) is 79.0 Å². The molecule has 0 saturated heterocycles. The van der Waals surface area contributed by atoms with Crippen molar-refractivity contribution in [1.29, 1.82) is 0 Å². The monoisotopic (exact) mass is 1510 g/mol. The van der Waals surface area contributed by atoms with Gasteiger partial charge in [-0.1, -0.05) is 54.6 Å². The molecule has 6 aromatic carbocycles. The minimum absolute atomic E-state index is 0.0290. The van der Waals surface area contributed by atoms with Gasteiger partial charge in [-0.2, -0.15) is 19.3 Å². The number of aliphatic hydroxyl groups excluding tert-OH is 3. The Balaban J connectivity index is 0.000000145. The van der Waals surface area contributed by atoms with Crippen LogP contribution >= 0.6 is 0 Å². The van der Waals surface area contributed by atoms with E-state index in [0.717, 1.165) is 84.6 Å². The lowest BCUT2D eigenvalue weighted by atomic mass is 10.1. The van der Waals surface area contributed by atoms with Crippen LogP contribution in [0.25, 0.3) is 34.0 Å². The fourth-order valence-electron chi connectivity index (χ4n) is 12.9. The first kappa shape index (κ1) is 75.6. The third-order valence-corrected chi connectivity index (χ3v) is 20.1. The third kappa shape index (κ3) is 18.1. The highest BCUT2D eigenvalue weighted by molar-refractivity contribution is 7.89. The summed E-state index contributed by atoms with van der Waals surface area (Å²) in [6.07, 6.45) is 10.0. The van der Waals surface area contributed by atoms with Crippen LogP contribution in [0.2, 0.25) is 0 Å². The fourth-order valence-corrected chi connectivity index (χ4v) is 14.0. The maximum atomic E-state index is 12.7. The van der Waals surface area contributed by atoms with Gasteiger partial charge in [-0.3, -0.25) is 0 Å². The summed E-state index contributed by atoms with van der Waals surface area (Å²) < 4.78 is 53.1. The molecule has 0 fully saturated rings. The predicted octanol–water partition coefficient (Wildman–Crippen LogP) is 12.4. The molecule has 3 aliphatic heterocycles. The minimum atomic E-state index is -3.38. The van der Waals surface area contributed by atoms with E-state index in [0.29, 0.717) is 131 Å². The maximum Gasteiger partial charge on any atom is 0.410 e. The summed E-state index contributed by atoms with van der Waals surface area (Å²) in [6, 6.07) is 52.1. The number of sulfonamides is 1. The van der Waals surface area contributed by atoms with Gasteiger partial charge in [0.1, 0.15) is 17.5 Å². The Morgan fingerprint density at radius 3 is 1.10 bits per heavy atom. The van der Waals surface area contributed by atoms with Gasteiger partial charge in [0.05, 0.1) is 88.1 Å². The van der Waals surface area contributed by atoms with E-state index < -0.39 is 16.1 Å². The van der Waals surface area contributed by atoms with Crippen LogP contribution in [0, 0.1) is 0 Å². The second-order valence-corrected chi connectivity index (χ2v) is 27.5. The summed E-state index contributed by atoms with van der Waals surface area (Å²) in [4.78, 5) is 74.6. The van der Waals surface area contributed by atoms with Gasteiger partial charge in [0.2, 0.25) is 27.9 Å². The van der Waals surface area contributed by atoms with Crippen molar-refractivity contribution in [2.45, 2.75) is 52.7 Å². The molecule has 110 heavy (non-hydrogen) atoms. The van der Waals surface area contributed by atoms with Crippen molar-refractivity contribution in [2.24, 2.45) is 0 Å². The van der Waals surface area contributed by atoms with Crippen molar-refractivity contribution in [3.8, 4) is 34.0 Å². The number of carbonyl (C=O) groups is 2. The second kappa shape index (κ2) is 35.8. The summed E-state index contributed by atoms with van der Waals surface area (Å²) in [5.74, 6) is 5.18. The maximum absolute atomic E-state index is 12.7. The lowest BCUT2D eigenvalue weighted by Gasteiger charge is -2.32. The van der Waals surface area contributed by atoms with E-state index in [1.54, 1.807) is 42.2 Å². The lowest BCUT2D eigenvalue weighted by Crippen LogP contribution is -2.38. The standard InChI is InChI=1S/C27H28N6O4.C26H28N6O4S.C26H26N6O4/c1-2-36-27(35)32-13-12-23-22(17-32)25(33(14-15-34)21-6-4-3-5-7-21)31-26(30-23)29-20-10-8-19(9-11-20)24-16-28-18-37-24;1-2-37(34,35)31-13-12-23-22(17-31)25(32(14-15-33)21-6-4-3-5-7-21)30-26(29-23)28-20-10-8-19(9-11-20)24-16-27-18-36-24;1-35-26(34)31-12-11-22-21(16-31)24(32(13-14-33)20-5-3-2-4-6-20)30-25(29-22)28-19-9-7-18(8-10-19)23-15-27-17-36-23/h3-11,16,18,34H,2,12-15,17H2,1H3,(H,29,30,31);3-11,16,18,33H,2,12-15,17H2,1H3,(H,28,29,30);2-10,15,17,33H,11-14,16H2,1H3,(H,28,29,30). The fraction of sp³-hybridized carbons (Fsp3) is 0.253. The number of benzene rings is 6. The van der Waals surface area contributed by atoms with Crippen LogP contribution in [0.5, 0.6) is 0 Å². The summed E-state index contributed by atoms with van der Waals surface area (Å²) >= 11 is 0. The SMILES string of the molecule is CCOC(=O)N1CCc2nc(Nc3ccc(-c4cnco4)cc3)nc(N(CCO)c3ccccc3)c2C1.CCS(=O)(=O)N1CCc2nc(Nc3ccc(-c4cnco4)cc3)nc(N(CCO)c3ccccc3)c2C1.COC(=O)N1CCc2nc(Nc3ccc(-c4cnco4)cc3)nc(N(CCO)c3ccccc3)c2C1. The number of rotatable bonds is 24. The summed E-state index contributed by atoms with van der Waals surface area (Å²) in [7, 11) is -2.01. The van der Waals surface area contributed by atoms with Gasteiger partial charge < -0.3 is 78.5 Å². The normalized spacial score (nSPS) is 13.0. The Bertz CT molecular complexity index is 5100. The number of amides is 2. The van der Waals surface area contributed by atoms with Crippen molar-refractivity contribution < 1.29 is 56.1 Å². The number of methoxy groups -OCH3 is 1. The van der Waals surface area contributed by atoms with E-state index in [1.807, 2.05) is 178 Å². The number of hydrogen-bond donors (Lipinski definition) is 6. The van der Waals surface area contributed by atoms with Gasteiger partial charge >= 0.3 is 12.2 Å². The number of nitrogens with zero attached hydrogens (tertiary/aromatic N) is 15. The highest BCUT2D eigenvalue weighted by atomic mass is 32.2. The summed E-state index contributed by atoms with van der Waals surface area (Å²) in [5.41, 5.74) is 12.6. The highest BCUT2D eigenvalue weighted by Gasteiger charge is 2.34. The number of hydrogen-bond acceptors (Lipinski definition) is 27. The molecule has 0 atom stereocenters. The Morgan fingerprint density at radius 1 is 0.455 bits per heavy atom. The van der Waals surface area contributed by atoms with Crippen LogP contribution in [0.3, 0.4) is 0 Å². The zero-order valence-electron chi connectivity index (χ0n) is 60.7. The van der Waals surface area contributed by atoms with Gasteiger partial charge in [0, 0.05) is 133 Å². The number of anilines is 12. The Labute approximate surface area is 634 Å². The topological polar surface area (TPSA) is 358 Å². The molecule has 2 amide bonds. The lowest BCUT2D eigenvalue weighted by molar-refractivity contribution is 0.102. The Morgan fingerprint density at radius 2 is 0.791 bits per heavy atom. The zero-order chi connectivity index (χ0) is 76.4. The van der Waals surface area contributed by atoms with E-state index in [2.05, 4.69) is 30.9 Å². The molecular weight excluding hydrogens is 1430 g/mol. The molecule has 0 aliphatic carbocycles. The average molecular weight is 1510 g/mol. The quantitative estimate of drug-likeness (QED) is 0.0327. The average Bonchev–Trinajstić information content (AvgIpc) is 0.848. The predicted molar refractivity (Wildman–Crippen MR) is 415 cm³/mol. The second-order valence-electron chi connectivity index (χ2n) is 25.2. The number of para-hydroxylation sites is 3. The van der Waals surface area contributed by atoms with E-state index in [-0.39, 0.29) is 38.2 Å². The number of nitrogens with one attached hydrogen (secondary N) is 3. The molecule has 31 heteroatoms. The molecule has 12 aromatic rings. The molecule has 6 aromatic heterocycles. The number of fused-ring (bicyclic) bond motifs is 3. The first-order chi connectivity index (χ1) is 53.8. The first-order valence-corrected chi connectivity index (χ1v) is 37.4. The van der Waals surface area contributed by atoms with Crippen LogP contribution in [-0.2, 0) is 58.4 Å². The van der Waals surface area contributed by atoms with E-state index in [1.165, 1.54) is 30.6 Å². The molecule has 0 spiro atoms. The molecule has 6 N–H and O–H groups in total. The Kier molecular flexibility index (Phi) is 24.6. The van der Waals surface area contributed by atoms with Crippen molar-refractivity contribution in [3.05, 3.63) is 235 Å². The van der Waals surface area contributed by atoms with Crippen molar-refractivity contribution in [1.82, 2.24) is 59.0 Å². The van der Waals surface area contributed by atoms with Crippen LogP contribution < -0.4 is 30.7 Å². The van der Waals surface area contributed by atoms with Crippen LogP contribution in [0.15, 0.2) is 215 Å². The number of aromatic nitrogens is 9. The molecule has 0 bridgehead atoms. The van der Waals surface area contributed by atoms with Crippen LogP contribution in [0.1, 0.15) is 47.6 Å². The van der Waals surface area contributed by atoms with Gasteiger partial charge in [-0.05, 0) is 123 Å². The van der Waals surface area contributed by atoms with E-state index in [4.69, 9.17) is 52.6 Å². The molecule has 0 unspecified atom stereocenters. The molecule has 30 nitrogen and oxygen atoms in total. The van der Waals surface area contributed by atoms with E-state index in [9.17, 15) is 33.3 Å². The van der Waals surface area contributed by atoms with Gasteiger partial charge in [-0.25, -0.2) is 47.9 Å². The molecule has 3 aliphatic rings. The highest BCUT2D eigenvalue weighted by Crippen LogP contribution is 2.38. The summed E-state index contributed by atoms with van der Waals surface area (Å²) in [5, 5.41) is 39.5. The molecule has 0 radical (unpaired) electrons. The van der Waals surface area contributed by atoms with Gasteiger partial charge in [0.25, 0.3) is 0 Å². The number of oxazole rings is 3. The van der Waals surface area contributed by atoms with E-state index >= 15 is 0 Å². The molecule has 0 saturated carbocycles. The molecule has 9 heterocycles.